The molecule has 0 aliphatic rings. The second-order valence-corrected chi connectivity index (χ2v) is 11.0. The van der Waals surface area contributed by atoms with Gasteiger partial charge in [0.25, 0.3) is 0 Å². The highest BCUT2D eigenvalue weighted by molar-refractivity contribution is 5.94. The molecule has 3 aromatic carbocycles. The first-order valence-corrected chi connectivity index (χ1v) is 15.0. The Balaban J connectivity index is 1.81. The third-order valence-electron chi connectivity index (χ3n) is 7.21. The van der Waals surface area contributed by atoms with Crippen LogP contribution in [0.25, 0.3) is 0 Å². The number of aliphatic carboxylic acids is 1. The van der Waals surface area contributed by atoms with Crippen molar-refractivity contribution < 1.29 is 34.5 Å². The third kappa shape index (κ3) is 12.4. The van der Waals surface area contributed by atoms with Crippen LogP contribution in [0, 0.1) is 0 Å². The maximum absolute atomic E-state index is 13.7. The van der Waals surface area contributed by atoms with Crippen molar-refractivity contribution in [1.82, 2.24) is 16.0 Å². The maximum atomic E-state index is 13.7. The third-order valence-corrected chi connectivity index (χ3v) is 7.21. The topological polar surface area (TPSA) is 255 Å². The van der Waals surface area contributed by atoms with Gasteiger partial charge < -0.3 is 48.5 Å². The van der Waals surface area contributed by atoms with Crippen molar-refractivity contribution in [2.75, 3.05) is 6.54 Å². The Hall–Kier alpha value is -5.63. The highest BCUT2D eigenvalue weighted by atomic mass is 16.4. The Labute approximate surface area is 272 Å². The highest BCUT2D eigenvalue weighted by Gasteiger charge is 2.30. The molecular formula is C33H41N7O7. The second-order valence-electron chi connectivity index (χ2n) is 11.0. The summed E-state index contributed by atoms with van der Waals surface area (Å²) in [7, 11) is 0. The molecule has 4 unspecified atom stereocenters. The number of carboxylic acid groups (broad SMARTS) is 1. The number of nitrogens with zero attached hydrogens (tertiary/aromatic N) is 1. The number of rotatable bonds is 17. The normalized spacial score (nSPS) is 13.3. The van der Waals surface area contributed by atoms with Gasteiger partial charge in [-0.05, 0) is 60.2 Å². The standard InChI is InChI=1S/C33H41N7O7/c34-25(17-20-5-2-1-3-6-20)29(43)39-27(18-21-8-12-23(41)13-9-21)31(45)38-26(7-4-16-37-33(35)36)30(44)40-28(32(46)47)19-22-10-14-24(42)15-11-22/h1-3,5-6,8-15,25-28,41-42H,4,7,16-19,34H2,(H,38,45)(H,39,43)(H,40,44)(H,46,47)(H4,35,36,37). The number of aromatic hydroxyl groups is 2. The van der Waals surface area contributed by atoms with E-state index in [4.69, 9.17) is 17.2 Å². The molecule has 0 bridgehead atoms. The molecule has 3 amide bonds. The van der Waals surface area contributed by atoms with E-state index in [1.807, 2.05) is 30.3 Å². The number of carbonyl (C=O) groups is 4. The molecule has 0 fully saturated rings. The van der Waals surface area contributed by atoms with Crippen LogP contribution in [0.1, 0.15) is 29.5 Å². The molecule has 0 saturated carbocycles. The highest BCUT2D eigenvalue weighted by Crippen LogP contribution is 2.14. The lowest BCUT2D eigenvalue weighted by atomic mass is 10.0. The summed E-state index contributed by atoms with van der Waals surface area (Å²) in [4.78, 5) is 56.3. The number of guanidine groups is 1. The molecule has 0 heterocycles. The number of carbonyl (C=O) groups excluding carboxylic acids is 3. The van der Waals surface area contributed by atoms with Crippen molar-refractivity contribution in [3.8, 4) is 11.5 Å². The molecule has 3 rings (SSSR count). The zero-order chi connectivity index (χ0) is 34.3. The van der Waals surface area contributed by atoms with E-state index in [0.29, 0.717) is 11.1 Å². The molecule has 250 valence electrons. The van der Waals surface area contributed by atoms with E-state index < -0.39 is 47.9 Å². The Morgan fingerprint density at radius 1 is 0.638 bits per heavy atom. The molecule has 0 spiro atoms. The van der Waals surface area contributed by atoms with E-state index in [2.05, 4.69) is 20.9 Å². The Kier molecular flexibility index (Phi) is 13.5. The van der Waals surface area contributed by atoms with Crippen molar-refractivity contribution in [2.24, 2.45) is 22.2 Å². The van der Waals surface area contributed by atoms with Crippen molar-refractivity contribution >= 4 is 29.7 Å². The van der Waals surface area contributed by atoms with Crippen LogP contribution in [-0.2, 0) is 38.4 Å². The first-order chi connectivity index (χ1) is 22.4. The average molecular weight is 648 g/mol. The molecule has 0 aliphatic carbocycles. The monoisotopic (exact) mass is 647 g/mol. The number of phenols is 2. The van der Waals surface area contributed by atoms with E-state index >= 15 is 0 Å². The summed E-state index contributed by atoms with van der Waals surface area (Å²) < 4.78 is 0. The van der Waals surface area contributed by atoms with E-state index in [-0.39, 0.29) is 56.1 Å². The summed E-state index contributed by atoms with van der Waals surface area (Å²) in [6.07, 6.45) is 0.412. The van der Waals surface area contributed by atoms with Gasteiger partial charge in [0, 0.05) is 19.4 Å². The van der Waals surface area contributed by atoms with Crippen LogP contribution >= 0.6 is 0 Å². The Bertz CT molecular complexity index is 1510. The van der Waals surface area contributed by atoms with Crippen LogP contribution in [0.15, 0.2) is 83.9 Å². The zero-order valence-corrected chi connectivity index (χ0v) is 25.7. The number of aliphatic imine (C=N–C) groups is 1. The van der Waals surface area contributed by atoms with Crippen molar-refractivity contribution in [3.05, 3.63) is 95.6 Å². The fourth-order valence-electron chi connectivity index (χ4n) is 4.70. The summed E-state index contributed by atoms with van der Waals surface area (Å²) in [6, 6.07) is 16.3. The molecule has 0 radical (unpaired) electrons. The maximum Gasteiger partial charge on any atom is 0.326 e. The molecule has 14 heteroatoms. The number of nitrogens with two attached hydrogens (primary N) is 3. The van der Waals surface area contributed by atoms with Crippen LogP contribution in [0.4, 0.5) is 0 Å². The van der Waals surface area contributed by atoms with Gasteiger partial charge in [-0.2, -0.15) is 0 Å². The molecular weight excluding hydrogens is 606 g/mol. The van der Waals surface area contributed by atoms with Crippen LogP contribution < -0.4 is 33.2 Å². The lowest BCUT2D eigenvalue weighted by molar-refractivity contribution is -0.142. The summed E-state index contributed by atoms with van der Waals surface area (Å²) in [5, 5.41) is 36.9. The van der Waals surface area contributed by atoms with Gasteiger partial charge in [-0.25, -0.2) is 4.79 Å². The lowest BCUT2D eigenvalue weighted by Crippen LogP contribution is -2.58. The minimum absolute atomic E-state index is 0.00295. The number of carboxylic acids is 1. The molecule has 12 N–H and O–H groups in total. The van der Waals surface area contributed by atoms with Gasteiger partial charge in [0.05, 0.1) is 6.04 Å². The summed E-state index contributed by atoms with van der Waals surface area (Å²) in [6.45, 7) is 0.139. The first-order valence-electron chi connectivity index (χ1n) is 15.0. The van der Waals surface area contributed by atoms with Crippen LogP contribution in [0.5, 0.6) is 11.5 Å². The van der Waals surface area contributed by atoms with Crippen LogP contribution in [0.2, 0.25) is 0 Å². The number of amides is 3. The van der Waals surface area contributed by atoms with E-state index in [1.54, 1.807) is 12.1 Å². The predicted molar refractivity (Wildman–Crippen MR) is 175 cm³/mol. The molecule has 14 nitrogen and oxygen atoms in total. The van der Waals surface area contributed by atoms with Gasteiger partial charge in [-0.1, -0.05) is 54.6 Å². The lowest BCUT2D eigenvalue weighted by Gasteiger charge is -2.25. The Morgan fingerprint density at radius 3 is 1.64 bits per heavy atom. The van der Waals surface area contributed by atoms with E-state index in [0.717, 1.165) is 5.56 Å². The molecule has 4 atom stereocenters. The summed E-state index contributed by atoms with van der Waals surface area (Å²) in [5.74, 6) is -3.53. The largest absolute Gasteiger partial charge is 0.508 e. The number of benzene rings is 3. The minimum atomic E-state index is -1.35. The van der Waals surface area contributed by atoms with Gasteiger partial charge >= 0.3 is 5.97 Å². The van der Waals surface area contributed by atoms with Crippen molar-refractivity contribution in [1.29, 1.82) is 0 Å². The van der Waals surface area contributed by atoms with Gasteiger partial charge in [-0.3, -0.25) is 19.4 Å². The van der Waals surface area contributed by atoms with Gasteiger partial charge in [0.15, 0.2) is 5.96 Å². The predicted octanol–water partition coefficient (Wildman–Crippen LogP) is 0.0456. The molecule has 0 saturated heterocycles. The van der Waals surface area contributed by atoms with E-state index in [9.17, 15) is 34.5 Å². The SMILES string of the molecule is NC(N)=NCCCC(NC(=O)C(Cc1ccc(O)cc1)NC(=O)C(N)Cc1ccccc1)C(=O)NC(Cc1ccc(O)cc1)C(=O)O. The number of hydrogen-bond donors (Lipinski definition) is 9. The molecule has 0 aliphatic heterocycles. The average Bonchev–Trinajstić information content (AvgIpc) is 3.03. The fourth-order valence-corrected chi connectivity index (χ4v) is 4.70. The van der Waals surface area contributed by atoms with Crippen LogP contribution in [0.3, 0.4) is 0 Å². The van der Waals surface area contributed by atoms with Crippen molar-refractivity contribution in [2.45, 2.75) is 56.3 Å². The number of nitrogens with one attached hydrogen (secondary N) is 3. The summed E-state index contributed by atoms with van der Waals surface area (Å²) in [5.41, 5.74) is 19.0. The van der Waals surface area contributed by atoms with Gasteiger partial charge in [-0.15, -0.1) is 0 Å². The molecule has 3 aromatic rings. The minimum Gasteiger partial charge on any atom is -0.508 e. The fraction of sp³-hybridized carbons (Fsp3) is 0.303. The molecule has 0 aromatic heterocycles. The van der Waals surface area contributed by atoms with Gasteiger partial charge in [0.1, 0.15) is 29.6 Å². The van der Waals surface area contributed by atoms with Crippen LogP contribution in [-0.4, -0.2) is 75.7 Å². The quantitative estimate of drug-likeness (QED) is 0.0540. The van der Waals surface area contributed by atoms with E-state index in [1.165, 1.54) is 36.4 Å². The smallest absolute Gasteiger partial charge is 0.326 e. The Morgan fingerprint density at radius 2 is 1.11 bits per heavy atom. The van der Waals surface area contributed by atoms with Crippen molar-refractivity contribution in [3.63, 3.8) is 0 Å². The van der Waals surface area contributed by atoms with Gasteiger partial charge in [0.2, 0.25) is 17.7 Å². The molecule has 47 heavy (non-hydrogen) atoms. The zero-order valence-electron chi connectivity index (χ0n) is 25.7. The number of phenolic OH excluding ortho intramolecular Hbond substituents is 2. The number of hydrogen-bond acceptors (Lipinski definition) is 8. The second kappa shape index (κ2) is 17.8. The first kappa shape index (κ1) is 35.8. The summed E-state index contributed by atoms with van der Waals surface area (Å²) >= 11 is 0.